The fourth-order valence-corrected chi connectivity index (χ4v) is 10.4. The quantitative estimate of drug-likeness (QED) is 0.219. The number of cyclic esters (lactones) is 1. The molecule has 0 aromatic heterocycles. The fraction of sp³-hybridized carbons (Fsp3) is 0.812. The minimum Gasteiger partial charge on any atom is -0.459 e. The Morgan fingerprint density at radius 3 is 2.12 bits per heavy atom. The third kappa shape index (κ3) is 12.6. The zero-order valence-corrected chi connectivity index (χ0v) is 41.3. The predicted octanol–water partition coefficient (Wildman–Crippen LogP) is 5.21. The zero-order valence-electron chi connectivity index (χ0n) is 41.3. The summed E-state index contributed by atoms with van der Waals surface area (Å²) in [5.74, 6) is -4.58. The van der Waals surface area contributed by atoms with Crippen molar-refractivity contribution < 1.29 is 71.6 Å². The Balaban J connectivity index is 1.75. The summed E-state index contributed by atoms with van der Waals surface area (Å²) >= 11 is 0. The van der Waals surface area contributed by atoms with Gasteiger partial charge >= 0.3 is 12.1 Å². The van der Waals surface area contributed by atoms with Crippen LogP contribution in [0.2, 0.25) is 0 Å². The van der Waals surface area contributed by atoms with Crippen LogP contribution in [0.5, 0.6) is 0 Å². The lowest BCUT2D eigenvalue weighted by atomic mass is 9.73. The molecule has 1 amide bonds. The highest BCUT2D eigenvalue weighted by Gasteiger charge is 2.55. The maximum atomic E-state index is 14.6. The van der Waals surface area contributed by atoms with Gasteiger partial charge in [0.15, 0.2) is 18.7 Å². The SMILES string of the molecule is CC[C@H]1OC(=O)[C@H](C)[C@@H](O[C@H]2C[C@@](C)(OC)[C@@H](OC(=O)NCCc3ccccc3F)[C@H](C)O2)[C@H](C)[C@@H](O[C@@H]2O[C@H](C)C[C@H](N(C)C)[C@H]2O)[C@](C)(OC)C[C@@H](C)C(=O)[C@H](C)[C@@H](OC)[C@]1(C)O. The fourth-order valence-electron chi connectivity index (χ4n) is 10.4. The molecule has 3 N–H and O–H groups in total. The van der Waals surface area contributed by atoms with Gasteiger partial charge in [0.2, 0.25) is 0 Å². The van der Waals surface area contributed by atoms with E-state index in [-0.39, 0.29) is 56.0 Å². The molecular weight excluding hydrogens is 848 g/mol. The van der Waals surface area contributed by atoms with E-state index in [4.69, 9.17) is 42.6 Å². The number of aliphatic hydroxyl groups is 2. The summed E-state index contributed by atoms with van der Waals surface area (Å²) in [6, 6.07) is 6.02. The highest BCUT2D eigenvalue weighted by Crippen LogP contribution is 2.42. The van der Waals surface area contributed by atoms with Crippen LogP contribution in [0.3, 0.4) is 0 Å². The van der Waals surface area contributed by atoms with Gasteiger partial charge in [-0.15, -0.1) is 0 Å². The predicted molar refractivity (Wildman–Crippen MR) is 238 cm³/mol. The summed E-state index contributed by atoms with van der Waals surface area (Å²) in [5, 5.41) is 26.5. The minimum absolute atomic E-state index is 0.0385. The molecule has 3 fully saturated rings. The number of hydrogen-bond acceptors (Lipinski definition) is 15. The van der Waals surface area contributed by atoms with Crippen molar-refractivity contribution in [2.75, 3.05) is 42.0 Å². The van der Waals surface area contributed by atoms with Crippen LogP contribution in [-0.2, 0) is 58.6 Å². The van der Waals surface area contributed by atoms with E-state index in [1.54, 1.807) is 59.7 Å². The highest BCUT2D eigenvalue weighted by molar-refractivity contribution is 5.83. The van der Waals surface area contributed by atoms with Gasteiger partial charge in [0.1, 0.15) is 35.0 Å². The number of esters is 1. The molecule has 1 aromatic rings. The molecule has 17 heteroatoms. The maximum absolute atomic E-state index is 14.6. The van der Waals surface area contributed by atoms with Crippen molar-refractivity contribution in [1.29, 1.82) is 0 Å². The number of hydrogen-bond donors (Lipinski definition) is 3. The second-order valence-corrected chi connectivity index (χ2v) is 19.5. The molecule has 0 aliphatic carbocycles. The molecular formula is C48H79FN2O14. The second kappa shape index (κ2) is 23.0. The number of aliphatic hydroxyl groups excluding tert-OH is 1. The topological polar surface area (TPSA) is 190 Å². The summed E-state index contributed by atoms with van der Waals surface area (Å²) < 4.78 is 71.2. The first-order chi connectivity index (χ1) is 30.4. The molecule has 18 atom stereocenters. The van der Waals surface area contributed by atoms with Crippen LogP contribution in [0, 0.1) is 29.5 Å². The first-order valence-corrected chi connectivity index (χ1v) is 23.1. The standard InChI is InChI=1S/C48H79FN2O14/c1-16-35-48(10,56)41(57-13)28(4)37(52)26(2)24-46(8,58-14)40(64-44-38(53)34(51(11)12)23-27(3)60-44)29(5)39(30(6)43(54)62-35)63-36-25-47(9,59-15)42(31(7)61-36)65-45(55)50-22-21-32-19-17-18-20-33(32)49/h17-20,26-31,34-36,38-42,44,53,56H,16,21-25H2,1-15H3,(H,50,55)/t26-,27-,28+,29+,30-,31+,34+,35-,36+,38-,39+,40-,41-,42+,44+,46-,47-,48-/m1/s1. The number of alkyl carbamates (subject to hydrolysis) is 1. The van der Waals surface area contributed by atoms with Crippen molar-refractivity contribution in [1.82, 2.24) is 10.2 Å². The summed E-state index contributed by atoms with van der Waals surface area (Å²) in [4.78, 5) is 44.0. The Labute approximate surface area is 385 Å². The molecule has 65 heavy (non-hydrogen) atoms. The van der Waals surface area contributed by atoms with E-state index in [9.17, 15) is 29.0 Å². The molecule has 3 aliphatic heterocycles. The molecule has 3 saturated heterocycles. The van der Waals surface area contributed by atoms with Gasteiger partial charge in [-0.3, -0.25) is 9.59 Å². The number of rotatable bonds is 13. The smallest absolute Gasteiger partial charge is 0.407 e. The number of carbonyl (C=O) groups is 3. The third-order valence-corrected chi connectivity index (χ3v) is 14.3. The van der Waals surface area contributed by atoms with E-state index in [1.807, 2.05) is 39.8 Å². The van der Waals surface area contributed by atoms with Crippen LogP contribution in [0.4, 0.5) is 9.18 Å². The first kappa shape index (κ1) is 54.8. The lowest BCUT2D eigenvalue weighted by Crippen LogP contribution is -2.62. The van der Waals surface area contributed by atoms with Gasteiger partial charge in [0.05, 0.1) is 42.0 Å². The Hall–Kier alpha value is -2.84. The number of benzene rings is 1. The summed E-state index contributed by atoms with van der Waals surface area (Å²) in [6.45, 7) is 17.6. The Morgan fingerprint density at radius 1 is 0.908 bits per heavy atom. The van der Waals surface area contributed by atoms with Gasteiger partial charge in [-0.2, -0.15) is 0 Å². The second-order valence-electron chi connectivity index (χ2n) is 19.5. The number of nitrogens with zero attached hydrogens (tertiary/aromatic N) is 1. The minimum atomic E-state index is -1.79. The number of halogens is 1. The maximum Gasteiger partial charge on any atom is 0.407 e. The monoisotopic (exact) mass is 927 g/mol. The van der Waals surface area contributed by atoms with Gasteiger partial charge < -0.3 is 63.1 Å². The number of likely N-dealkylation sites (N-methyl/N-ethyl adjacent to an activating group) is 1. The number of methoxy groups -OCH3 is 3. The van der Waals surface area contributed by atoms with Gasteiger partial charge in [0, 0.05) is 58.1 Å². The third-order valence-electron chi connectivity index (χ3n) is 14.3. The van der Waals surface area contributed by atoms with Crippen molar-refractivity contribution in [2.24, 2.45) is 23.7 Å². The largest absolute Gasteiger partial charge is 0.459 e. The normalized spacial score (nSPS) is 41.4. The van der Waals surface area contributed by atoms with Crippen LogP contribution in [0.15, 0.2) is 24.3 Å². The molecule has 0 unspecified atom stereocenters. The average molecular weight is 927 g/mol. The van der Waals surface area contributed by atoms with Crippen molar-refractivity contribution in [3.8, 4) is 0 Å². The number of nitrogens with one attached hydrogen (secondary N) is 1. The van der Waals surface area contributed by atoms with Crippen molar-refractivity contribution in [2.45, 2.75) is 186 Å². The van der Waals surface area contributed by atoms with Gasteiger partial charge in [-0.1, -0.05) is 45.9 Å². The van der Waals surface area contributed by atoms with Crippen LogP contribution < -0.4 is 5.32 Å². The number of ether oxygens (including phenoxy) is 9. The molecule has 16 nitrogen and oxygen atoms in total. The molecule has 4 rings (SSSR count). The van der Waals surface area contributed by atoms with Crippen LogP contribution in [-0.4, -0.2) is 159 Å². The lowest BCUT2D eigenvalue weighted by molar-refractivity contribution is -0.319. The van der Waals surface area contributed by atoms with E-state index in [1.165, 1.54) is 34.3 Å². The van der Waals surface area contributed by atoms with E-state index in [2.05, 4.69) is 5.32 Å². The molecule has 3 aliphatic rings. The molecule has 0 saturated carbocycles. The first-order valence-electron chi connectivity index (χ1n) is 23.1. The van der Waals surface area contributed by atoms with Crippen LogP contribution in [0.1, 0.15) is 100 Å². The molecule has 1 aromatic carbocycles. The Bertz CT molecular complexity index is 1720. The van der Waals surface area contributed by atoms with Gasteiger partial charge in [-0.05, 0) is 93.0 Å². The van der Waals surface area contributed by atoms with Crippen molar-refractivity contribution >= 4 is 17.8 Å². The highest BCUT2D eigenvalue weighted by atomic mass is 19.1. The Morgan fingerprint density at radius 2 is 1.54 bits per heavy atom. The van der Waals surface area contributed by atoms with E-state index >= 15 is 0 Å². The molecule has 0 spiro atoms. The van der Waals surface area contributed by atoms with Crippen LogP contribution >= 0.6 is 0 Å². The molecule has 3 heterocycles. The van der Waals surface area contributed by atoms with Crippen LogP contribution in [0.25, 0.3) is 0 Å². The number of carbonyl (C=O) groups excluding carboxylic acids is 3. The zero-order chi connectivity index (χ0) is 48.8. The molecule has 0 bridgehead atoms. The van der Waals surface area contributed by atoms with Crippen molar-refractivity contribution in [3.05, 3.63) is 35.6 Å². The molecule has 0 radical (unpaired) electrons. The number of Topliss-reactive ketones (excluding diaryl/α,β-unsaturated/α-hetero) is 1. The van der Waals surface area contributed by atoms with Gasteiger partial charge in [-0.25, -0.2) is 9.18 Å². The summed E-state index contributed by atoms with van der Waals surface area (Å²) in [5.41, 5.74) is -3.78. The van der Waals surface area contributed by atoms with E-state index < -0.39 is 108 Å². The van der Waals surface area contributed by atoms with E-state index in [0.29, 0.717) is 12.0 Å². The Kier molecular flexibility index (Phi) is 19.4. The number of amides is 1. The number of ketones is 1. The average Bonchev–Trinajstić information content (AvgIpc) is 3.25. The van der Waals surface area contributed by atoms with Crippen molar-refractivity contribution in [3.63, 3.8) is 0 Å². The molecule has 372 valence electrons. The summed E-state index contributed by atoms with van der Waals surface area (Å²) in [6.07, 6.45) is -9.07. The van der Waals surface area contributed by atoms with Gasteiger partial charge in [0.25, 0.3) is 0 Å². The van der Waals surface area contributed by atoms with E-state index in [0.717, 1.165) is 0 Å². The summed E-state index contributed by atoms with van der Waals surface area (Å²) in [7, 11) is 8.17. The lowest BCUT2D eigenvalue weighted by Gasteiger charge is -2.50.